The van der Waals surface area contributed by atoms with Gasteiger partial charge in [0.2, 0.25) is 0 Å². The lowest BCUT2D eigenvalue weighted by Crippen LogP contribution is -2.18. The standard InChI is InChI=1S/C13H13F2NO4S/c1-13(2,7-16)5-6-21(19,20)9-4-3-8(14)10(11(9)15)12(17)18/h3-4H,5-6H2,1-2H3,(H,17,18). The lowest BCUT2D eigenvalue weighted by molar-refractivity contribution is 0.0685. The minimum atomic E-state index is -4.16. The van der Waals surface area contributed by atoms with Gasteiger partial charge in [-0.2, -0.15) is 5.26 Å². The number of carbonyl (C=O) groups is 1. The summed E-state index contributed by atoms with van der Waals surface area (Å²) in [6, 6.07) is 3.18. The predicted molar refractivity (Wildman–Crippen MR) is 69.4 cm³/mol. The fraction of sp³-hybridized carbons (Fsp3) is 0.385. The van der Waals surface area contributed by atoms with E-state index in [1.54, 1.807) is 0 Å². The molecule has 0 aromatic heterocycles. The van der Waals surface area contributed by atoms with Crippen LogP contribution in [0.25, 0.3) is 0 Å². The number of nitrogens with zero attached hydrogens (tertiary/aromatic N) is 1. The van der Waals surface area contributed by atoms with Crippen molar-refractivity contribution < 1.29 is 27.1 Å². The van der Waals surface area contributed by atoms with E-state index in [4.69, 9.17) is 10.4 Å². The molecule has 0 amide bonds. The topological polar surface area (TPSA) is 95.2 Å². The Kier molecular flexibility index (Phi) is 4.69. The van der Waals surface area contributed by atoms with Gasteiger partial charge < -0.3 is 5.11 Å². The molecule has 0 saturated heterocycles. The zero-order valence-electron chi connectivity index (χ0n) is 11.4. The van der Waals surface area contributed by atoms with Gasteiger partial charge in [-0.15, -0.1) is 0 Å². The van der Waals surface area contributed by atoms with Crippen molar-refractivity contribution in [1.82, 2.24) is 0 Å². The van der Waals surface area contributed by atoms with Crippen molar-refractivity contribution in [1.29, 1.82) is 5.26 Å². The quantitative estimate of drug-likeness (QED) is 0.841. The second-order valence-corrected chi connectivity index (χ2v) is 7.18. The summed E-state index contributed by atoms with van der Waals surface area (Å²) in [5.74, 6) is -5.41. The lowest BCUT2D eigenvalue weighted by Gasteiger charge is -2.15. The summed E-state index contributed by atoms with van der Waals surface area (Å²) >= 11 is 0. The average molecular weight is 317 g/mol. The number of carboxylic acids is 1. The number of carboxylic acid groups (broad SMARTS) is 1. The third-order valence-corrected chi connectivity index (χ3v) is 4.63. The molecule has 0 spiro atoms. The number of rotatable bonds is 5. The van der Waals surface area contributed by atoms with E-state index >= 15 is 0 Å². The summed E-state index contributed by atoms with van der Waals surface area (Å²) in [7, 11) is -4.16. The highest BCUT2D eigenvalue weighted by atomic mass is 32.2. The number of hydrogen-bond donors (Lipinski definition) is 1. The first-order valence-corrected chi connectivity index (χ1v) is 7.52. The Morgan fingerprint density at radius 2 is 1.95 bits per heavy atom. The van der Waals surface area contributed by atoms with Crippen LogP contribution in [0.2, 0.25) is 0 Å². The fourth-order valence-corrected chi connectivity index (χ4v) is 3.17. The SMILES string of the molecule is CC(C)(C#N)CCS(=O)(=O)c1ccc(F)c(C(=O)O)c1F. The molecule has 21 heavy (non-hydrogen) atoms. The molecule has 0 saturated carbocycles. The van der Waals surface area contributed by atoms with Crippen LogP contribution < -0.4 is 0 Å². The van der Waals surface area contributed by atoms with Crippen molar-refractivity contribution in [2.75, 3.05) is 5.75 Å². The largest absolute Gasteiger partial charge is 0.477 e. The molecule has 0 unspecified atom stereocenters. The van der Waals surface area contributed by atoms with Crippen LogP contribution in [0, 0.1) is 28.4 Å². The number of sulfone groups is 1. The number of aromatic carboxylic acids is 1. The van der Waals surface area contributed by atoms with Gasteiger partial charge in [-0.05, 0) is 32.4 Å². The van der Waals surface area contributed by atoms with E-state index in [1.165, 1.54) is 13.8 Å². The monoisotopic (exact) mass is 317 g/mol. The molecular weight excluding hydrogens is 304 g/mol. The summed E-state index contributed by atoms with van der Waals surface area (Å²) in [5, 5.41) is 17.5. The van der Waals surface area contributed by atoms with Crippen LogP contribution >= 0.6 is 0 Å². The number of halogens is 2. The molecule has 0 aliphatic heterocycles. The normalized spacial score (nSPS) is 12.0. The first-order valence-electron chi connectivity index (χ1n) is 5.87. The lowest BCUT2D eigenvalue weighted by atomic mass is 9.93. The van der Waals surface area contributed by atoms with Crippen LogP contribution in [-0.4, -0.2) is 25.2 Å². The third kappa shape index (κ3) is 3.76. The summed E-state index contributed by atoms with van der Waals surface area (Å²) in [6.45, 7) is 3.04. The summed E-state index contributed by atoms with van der Waals surface area (Å²) in [4.78, 5) is 9.89. The van der Waals surface area contributed by atoms with Crippen molar-refractivity contribution in [2.24, 2.45) is 5.41 Å². The zero-order chi connectivity index (χ0) is 16.4. The van der Waals surface area contributed by atoms with E-state index in [0.717, 1.165) is 0 Å². The van der Waals surface area contributed by atoms with Crippen LogP contribution in [0.15, 0.2) is 17.0 Å². The zero-order valence-corrected chi connectivity index (χ0v) is 12.2. The smallest absolute Gasteiger partial charge is 0.341 e. The summed E-state index contributed by atoms with van der Waals surface area (Å²) in [5.41, 5.74) is -2.24. The van der Waals surface area contributed by atoms with Crippen LogP contribution in [0.3, 0.4) is 0 Å². The highest BCUT2D eigenvalue weighted by Crippen LogP contribution is 2.26. The molecule has 0 radical (unpaired) electrons. The first kappa shape index (κ1) is 17.0. The molecule has 0 heterocycles. The molecule has 0 aliphatic rings. The van der Waals surface area contributed by atoms with E-state index in [1.807, 2.05) is 6.07 Å². The predicted octanol–water partition coefficient (Wildman–Crippen LogP) is 2.38. The maximum absolute atomic E-state index is 13.9. The van der Waals surface area contributed by atoms with Gasteiger partial charge in [0, 0.05) is 0 Å². The molecule has 8 heteroatoms. The second kappa shape index (κ2) is 5.77. The van der Waals surface area contributed by atoms with Gasteiger partial charge in [-0.1, -0.05) is 0 Å². The summed E-state index contributed by atoms with van der Waals surface area (Å²) < 4.78 is 51.2. The van der Waals surface area contributed by atoms with E-state index in [0.29, 0.717) is 12.1 Å². The van der Waals surface area contributed by atoms with E-state index in [2.05, 4.69) is 0 Å². The molecule has 0 fully saturated rings. The van der Waals surface area contributed by atoms with Crippen molar-refractivity contribution in [3.8, 4) is 6.07 Å². The number of benzene rings is 1. The Hall–Kier alpha value is -2.01. The molecule has 0 atom stereocenters. The Morgan fingerprint density at radius 1 is 1.38 bits per heavy atom. The maximum atomic E-state index is 13.9. The molecule has 0 bridgehead atoms. The highest BCUT2D eigenvalue weighted by Gasteiger charge is 2.29. The Balaban J connectivity index is 3.26. The number of hydrogen-bond acceptors (Lipinski definition) is 4. The second-order valence-electron chi connectivity index (χ2n) is 5.10. The molecular formula is C13H13F2NO4S. The fourth-order valence-electron chi connectivity index (χ4n) is 1.52. The highest BCUT2D eigenvalue weighted by molar-refractivity contribution is 7.91. The molecule has 1 rings (SSSR count). The van der Waals surface area contributed by atoms with E-state index in [9.17, 15) is 22.0 Å². The van der Waals surface area contributed by atoms with E-state index in [-0.39, 0.29) is 6.42 Å². The molecule has 1 aromatic carbocycles. The third-order valence-electron chi connectivity index (χ3n) is 2.90. The van der Waals surface area contributed by atoms with Crippen molar-refractivity contribution >= 4 is 15.8 Å². The minimum absolute atomic E-state index is 0.0644. The van der Waals surface area contributed by atoms with Gasteiger partial charge in [-0.3, -0.25) is 0 Å². The van der Waals surface area contributed by atoms with Crippen LogP contribution in [0.5, 0.6) is 0 Å². The van der Waals surface area contributed by atoms with Gasteiger partial charge in [0.1, 0.15) is 16.3 Å². The van der Waals surface area contributed by atoms with Crippen molar-refractivity contribution in [3.05, 3.63) is 29.3 Å². The maximum Gasteiger partial charge on any atom is 0.341 e. The minimum Gasteiger partial charge on any atom is -0.477 e. The molecule has 114 valence electrons. The summed E-state index contributed by atoms with van der Waals surface area (Å²) in [6.07, 6.45) is -0.0644. The number of nitriles is 1. The van der Waals surface area contributed by atoms with Gasteiger partial charge in [0.15, 0.2) is 15.7 Å². The van der Waals surface area contributed by atoms with Crippen molar-refractivity contribution in [2.45, 2.75) is 25.2 Å². The van der Waals surface area contributed by atoms with Gasteiger partial charge in [-0.25, -0.2) is 22.0 Å². The Morgan fingerprint density at radius 3 is 2.43 bits per heavy atom. The van der Waals surface area contributed by atoms with Crippen LogP contribution in [0.1, 0.15) is 30.6 Å². The average Bonchev–Trinajstić information content (AvgIpc) is 2.36. The molecule has 1 N–H and O–H groups in total. The molecule has 5 nitrogen and oxygen atoms in total. The van der Waals surface area contributed by atoms with Gasteiger partial charge in [0.25, 0.3) is 0 Å². The van der Waals surface area contributed by atoms with Crippen LogP contribution in [0.4, 0.5) is 8.78 Å². The Labute approximate surface area is 120 Å². The van der Waals surface area contributed by atoms with Crippen LogP contribution in [-0.2, 0) is 9.84 Å². The van der Waals surface area contributed by atoms with Gasteiger partial charge in [0.05, 0.1) is 17.2 Å². The van der Waals surface area contributed by atoms with Crippen molar-refractivity contribution in [3.63, 3.8) is 0 Å². The Bertz CT molecular complexity index is 720. The molecule has 0 aliphatic carbocycles. The molecule has 1 aromatic rings. The van der Waals surface area contributed by atoms with E-state index < -0.39 is 49.1 Å². The van der Waals surface area contributed by atoms with Gasteiger partial charge >= 0.3 is 5.97 Å². The first-order chi connectivity index (χ1) is 9.52.